The number of furan rings is 1. The van der Waals surface area contributed by atoms with Gasteiger partial charge in [0, 0.05) is 11.3 Å². The SMILES string of the molecule is CC(=O)c1cccc(NC(=O)c2cc(-c3ccco3)nc3c2c(C)nn3C2CCS(=O)(=O)C2)c1. The second-order valence-electron chi connectivity index (χ2n) is 8.41. The van der Waals surface area contributed by atoms with Crippen LogP contribution in [0.5, 0.6) is 0 Å². The van der Waals surface area contributed by atoms with E-state index in [4.69, 9.17) is 9.40 Å². The molecule has 4 heterocycles. The van der Waals surface area contributed by atoms with Crippen molar-refractivity contribution in [3.8, 4) is 11.5 Å². The van der Waals surface area contributed by atoms with Crippen molar-refractivity contribution in [2.24, 2.45) is 0 Å². The topological polar surface area (TPSA) is 124 Å². The van der Waals surface area contributed by atoms with E-state index in [-0.39, 0.29) is 23.3 Å². The molecule has 5 rings (SSSR count). The normalized spacial score (nSPS) is 17.2. The first kappa shape index (κ1) is 22.0. The Hall–Kier alpha value is -3.79. The lowest BCUT2D eigenvalue weighted by Crippen LogP contribution is -2.15. The van der Waals surface area contributed by atoms with Crippen molar-refractivity contribution >= 4 is 38.2 Å². The molecule has 1 amide bonds. The van der Waals surface area contributed by atoms with E-state index >= 15 is 0 Å². The summed E-state index contributed by atoms with van der Waals surface area (Å²) >= 11 is 0. The number of pyridine rings is 1. The van der Waals surface area contributed by atoms with Gasteiger partial charge < -0.3 is 9.73 Å². The van der Waals surface area contributed by atoms with Crippen molar-refractivity contribution in [3.05, 3.63) is 65.5 Å². The third-order valence-corrected chi connectivity index (χ3v) is 7.69. The van der Waals surface area contributed by atoms with Crippen LogP contribution >= 0.6 is 0 Å². The van der Waals surface area contributed by atoms with Gasteiger partial charge in [-0.1, -0.05) is 12.1 Å². The fourth-order valence-electron chi connectivity index (χ4n) is 4.28. The number of fused-ring (bicyclic) bond motifs is 1. The summed E-state index contributed by atoms with van der Waals surface area (Å²) in [4.78, 5) is 29.9. The quantitative estimate of drug-likeness (QED) is 0.433. The summed E-state index contributed by atoms with van der Waals surface area (Å²) in [5.74, 6) is 0.0399. The van der Waals surface area contributed by atoms with E-state index < -0.39 is 15.7 Å². The summed E-state index contributed by atoms with van der Waals surface area (Å²) in [5.41, 5.74) is 2.72. The molecule has 0 radical (unpaired) electrons. The van der Waals surface area contributed by atoms with Crippen LogP contribution in [0.25, 0.3) is 22.5 Å². The number of hydrogen-bond donors (Lipinski definition) is 1. The number of benzene rings is 1. The van der Waals surface area contributed by atoms with Crippen molar-refractivity contribution in [1.29, 1.82) is 0 Å². The summed E-state index contributed by atoms with van der Waals surface area (Å²) in [6.45, 7) is 3.23. The molecule has 1 N–H and O–H groups in total. The minimum Gasteiger partial charge on any atom is -0.463 e. The van der Waals surface area contributed by atoms with Gasteiger partial charge >= 0.3 is 0 Å². The van der Waals surface area contributed by atoms with Gasteiger partial charge in [0.1, 0.15) is 5.69 Å². The van der Waals surface area contributed by atoms with Crippen LogP contribution in [0.2, 0.25) is 0 Å². The highest BCUT2D eigenvalue weighted by atomic mass is 32.2. The molecule has 1 aliphatic heterocycles. The third kappa shape index (κ3) is 4.01. The molecule has 9 nitrogen and oxygen atoms in total. The van der Waals surface area contributed by atoms with Crippen LogP contribution in [0.4, 0.5) is 5.69 Å². The van der Waals surface area contributed by atoms with Crippen molar-refractivity contribution in [3.63, 3.8) is 0 Å². The highest BCUT2D eigenvalue weighted by molar-refractivity contribution is 7.91. The molecular weight excluding hydrogens is 456 g/mol. The molecule has 1 fully saturated rings. The maximum absolute atomic E-state index is 13.4. The lowest BCUT2D eigenvalue weighted by molar-refractivity contribution is 0.101. The molecule has 0 spiro atoms. The Labute approximate surface area is 195 Å². The minimum absolute atomic E-state index is 0.0186. The summed E-state index contributed by atoms with van der Waals surface area (Å²) in [6, 6.07) is 11.4. The van der Waals surface area contributed by atoms with Crippen molar-refractivity contribution in [1.82, 2.24) is 14.8 Å². The first-order valence-electron chi connectivity index (χ1n) is 10.8. The van der Waals surface area contributed by atoms with E-state index in [1.165, 1.54) is 13.2 Å². The molecular formula is C24H22N4O5S. The number of aromatic nitrogens is 3. The molecule has 0 aliphatic carbocycles. The first-order chi connectivity index (χ1) is 16.2. The number of sulfone groups is 1. The zero-order chi connectivity index (χ0) is 24.0. The van der Waals surface area contributed by atoms with Gasteiger partial charge in [0.15, 0.2) is 27.0 Å². The van der Waals surface area contributed by atoms with Crippen LogP contribution in [-0.2, 0) is 9.84 Å². The zero-order valence-corrected chi connectivity index (χ0v) is 19.4. The molecule has 174 valence electrons. The molecule has 1 saturated heterocycles. The third-order valence-electron chi connectivity index (χ3n) is 5.94. The predicted octanol–water partition coefficient (Wildman–Crippen LogP) is 3.81. The van der Waals surface area contributed by atoms with Gasteiger partial charge in [-0.05, 0) is 50.6 Å². The van der Waals surface area contributed by atoms with Gasteiger partial charge in [-0.25, -0.2) is 18.1 Å². The molecule has 10 heteroatoms. The van der Waals surface area contributed by atoms with Crippen LogP contribution in [0.15, 0.2) is 53.1 Å². The maximum atomic E-state index is 13.4. The molecule has 1 aromatic carbocycles. The second kappa shape index (κ2) is 8.21. The molecule has 34 heavy (non-hydrogen) atoms. The number of rotatable bonds is 5. The minimum atomic E-state index is -3.15. The van der Waals surface area contributed by atoms with Gasteiger partial charge in [-0.15, -0.1) is 0 Å². The highest BCUT2D eigenvalue weighted by Gasteiger charge is 2.32. The number of carbonyl (C=O) groups is 2. The molecule has 1 aliphatic rings. The lowest BCUT2D eigenvalue weighted by Gasteiger charge is -2.12. The number of hydrogen-bond acceptors (Lipinski definition) is 7. The van der Waals surface area contributed by atoms with Crippen LogP contribution in [-0.4, -0.2) is 46.4 Å². The monoisotopic (exact) mass is 478 g/mol. The Morgan fingerprint density at radius 3 is 2.68 bits per heavy atom. The second-order valence-corrected chi connectivity index (χ2v) is 10.6. The fourth-order valence-corrected chi connectivity index (χ4v) is 5.97. The number of nitrogens with zero attached hydrogens (tertiary/aromatic N) is 3. The van der Waals surface area contributed by atoms with Crippen LogP contribution in [0.1, 0.15) is 45.8 Å². The van der Waals surface area contributed by atoms with Crippen LogP contribution in [0, 0.1) is 6.92 Å². The first-order valence-corrected chi connectivity index (χ1v) is 12.6. The Kier molecular flexibility index (Phi) is 5.32. The number of anilines is 1. The van der Waals surface area contributed by atoms with Gasteiger partial charge in [-0.2, -0.15) is 5.10 Å². The average Bonchev–Trinajstić information content (AvgIpc) is 3.52. The van der Waals surface area contributed by atoms with Gasteiger partial charge in [-0.3, -0.25) is 9.59 Å². The predicted molar refractivity (Wildman–Crippen MR) is 127 cm³/mol. The van der Waals surface area contributed by atoms with E-state index in [1.54, 1.807) is 54.1 Å². The number of nitrogens with one attached hydrogen (secondary N) is 1. The molecule has 1 atom stereocenters. The Bertz CT molecular complexity index is 1540. The van der Waals surface area contributed by atoms with E-state index in [0.29, 0.717) is 51.4 Å². The van der Waals surface area contributed by atoms with Gasteiger partial charge in [0.05, 0.1) is 40.5 Å². The van der Waals surface area contributed by atoms with E-state index in [0.717, 1.165) is 0 Å². The number of amides is 1. The smallest absolute Gasteiger partial charge is 0.256 e. The number of aryl methyl sites for hydroxylation is 1. The molecule has 3 aromatic heterocycles. The molecule has 1 unspecified atom stereocenters. The van der Waals surface area contributed by atoms with Crippen molar-refractivity contribution < 1.29 is 22.4 Å². The van der Waals surface area contributed by atoms with Crippen LogP contribution in [0.3, 0.4) is 0 Å². The average molecular weight is 479 g/mol. The van der Waals surface area contributed by atoms with Gasteiger partial charge in [0.25, 0.3) is 5.91 Å². The molecule has 4 aromatic rings. The fraction of sp³-hybridized carbons (Fsp3) is 0.250. The van der Waals surface area contributed by atoms with E-state index in [2.05, 4.69) is 10.4 Å². The summed E-state index contributed by atoms with van der Waals surface area (Å²) < 4.78 is 31.3. The summed E-state index contributed by atoms with van der Waals surface area (Å²) in [5, 5.41) is 7.98. The van der Waals surface area contributed by atoms with Crippen molar-refractivity contribution in [2.45, 2.75) is 26.3 Å². The van der Waals surface area contributed by atoms with Crippen LogP contribution < -0.4 is 5.32 Å². The Balaban J connectivity index is 1.64. The lowest BCUT2D eigenvalue weighted by atomic mass is 10.1. The van der Waals surface area contributed by atoms with E-state index in [9.17, 15) is 18.0 Å². The van der Waals surface area contributed by atoms with Crippen molar-refractivity contribution in [2.75, 3.05) is 16.8 Å². The Morgan fingerprint density at radius 1 is 1.18 bits per heavy atom. The highest BCUT2D eigenvalue weighted by Crippen LogP contribution is 2.32. The summed E-state index contributed by atoms with van der Waals surface area (Å²) in [6.07, 6.45) is 1.95. The van der Waals surface area contributed by atoms with E-state index in [1.807, 2.05) is 0 Å². The number of Topliss-reactive ketones (excluding diaryl/α,β-unsaturated/α-hetero) is 1. The Morgan fingerprint density at radius 2 is 2.00 bits per heavy atom. The van der Waals surface area contributed by atoms with Gasteiger partial charge in [0.2, 0.25) is 0 Å². The zero-order valence-electron chi connectivity index (χ0n) is 18.6. The summed E-state index contributed by atoms with van der Waals surface area (Å²) in [7, 11) is -3.15. The number of carbonyl (C=O) groups excluding carboxylic acids is 2. The maximum Gasteiger partial charge on any atom is 0.256 e. The largest absolute Gasteiger partial charge is 0.463 e. The number of ketones is 1. The standard InChI is InChI=1S/C24H22N4O5S/c1-14-22-19(24(30)25-17-6-3-5-16(11-17)15(2)29)12-20(21-7-4-9-33-21)26-23(22)28(27-14)18-8-10-34(31,32)13-18/h3-7,9,11-12,18H,8,10,13H2,1-2H3,(H,25,30). The molecule has 0 saturated carbocycles. The molecule has 0 bridgehead atoms.